The predicted octanol–water partition coefficient (Wildman–Crippen LogP) is 4.52. The molecule has 3 rings (SSSR count). The van der Waals surface area contributed by atoms with Crippen LogP contribution in [0.15, 0.2) is 78.9 Å². The van der Waals surface area contributed by atoms with E-state index in [1.165, 1.54) is 5.56 Å². The maximum absolute atomic E-state index is 11.3. The second-order valence-electron chi connectivity index (χ2n) is 6.48. The third-order valence-corrected chi connectivity index (χ3v) is 4.56. The lowest BCUT2D eigenvalue weighted by Gasteiger charge is -2.18. The molecule has 0 radical (unpaired) electrons. The largest absolute Gasteiger partial charge is 0.478 e. The molecule has 0 aliphatic heterocycles. The van der Waals surface area contributed by atoms with Crippen molar-refractivity contribution >= 4 is 18.1 Å². The van der Waals surface area contributed by atoms with Gasteiger partial charge in [-0.25, -0.2) is 4.79 Å². The Morgan fingerprint density at radius 1 is 0.889 bits per heavy atom. The van der Waals surface area contributed by atoms with Gasteiger partial charge in [0.1, 0.15) is 0 Å². The molecule has 1 unspecified atom stereocenters. The van der Waals surface area contributed by atoms with Gasteiger partial charge in [0.15, 0.2) is 0 Å². The van der Waals surface area contributed by atoms with Crippen molar-refractivity contribution in [3.8, 4) is 0 Å². The van der Waals surface area contributed by atoms with Crippen LogP contribution in [0.25, 0.3) is 0 Å². The van der Waals surface area contributed by atoms with E-state index in [2.05, 4.69) is 17.4 Å². The van der Waals surface area contributed by atoms with Crippen molar-refractivity contribution in [3.05, 3.63) is 101 Å². The molecule has 2 N–H and O–H groups in total. The standard InChI is InChI=1S/C23H21NO3/c25-16-24-22-11-5-7-18(15-22)14-21(19-8-2-1-3-9-19)13-17-6-4-10-20(12-17)23(26)27/h1-12,15-16,21H,13-14H2,(H,24,25)(H,26,27). The van der Waals surface area contributed by atoms with Crippen LogP contribution >= 0.6 is 0 Å². The molecule has 0 saturated heterocycles. The zero-order chi connectivity index (χ0) is 19.1. The van der Waals surface area contributed by atoms with Crippen molar-refractivity contribution in [2.75, 3.05) is 5.32 Å². The average Bonchev–Trinajstić information content (AvgIpc) is 2.69. The summed E-state index contributed by atoms with van der Waals surface area (Å²) in [6.45, 7) is 0. The van der Waals surface area contributed by atoms with Gasteiger partial charge in [0.2, 0.25) is 6.41 Å². The first-order chi connectivity index (χ1) is 13.2. The van der Waals surface area contributed by atoms with Crippen molar-refractivity contribution in [1.29, 1.82) is 0 Å². The summed E-state index contributed by atoms with van der Waals surface area (Å²) in [5.74, 6) is -0.720. The monoisotopic (exact) mass is 359 g/mol. The normalized spacial score (nSPS) is 11.6. The minimum absolute atomic E-state index is 0.196. The summed E-state index contributed by atoms with van der Waals surface area (Å²) >= 11 is 0. The number of carbonyl (C=O) groups excluding carboxylic acids is 1. The van der Waals surface area contributed by atoms with Crippen molar-refractivity contribution < 1.29 is 14.7 Å². The number of carboxylic acid groups (broad SMARTS) is 1. The van der Waals surface area contributed by atoms with Crippen LogP contribution in [0.3, 0.4) is 0 Å². The Morgan fingerprint density at radius 3 is 2.22 bits per heavy atom. The third-order valence-electron chi connectivity index (χ3n) is 4.56. The molecule has 3 aromatic rings. The second kappa shape index (κ2) is 8.81. The van der Waals surface area contributed by atoms with Gasteiger partial charge in [0.05, 0.1) is 5.56 Å². The first-order valence-electron chi connectivity index (χ1n) is 8.82. The zero-order valence-corrected chi connectivity index (χ0v) is 14.8. The van der Waals surface area contributed by atoms with E-state index in [0.717, 1.165) is 29.7 Å². The van der Waals surface area contributed by atoms with Gasteiger partial charge in [-0.15, -0.1) is 0 Å². The molecule has 1 amide bonds. The van der Waals surface area contributed by atoms with Gasteiger partial charge < -0.3 is 10.4 Å². The summed E-state index contributed by atoms with van der Waals surface area (Å²) in [6.07, 6.45) is 2.19. The highest BCUT2D eigenvalue weighted by molar-refractivity contribution is 5.87. The lowest BCUT2D eigenvalue weighted by Crippen LogP contribution is -2.08. The van der Waals surface area contributed by atoms with E-state index < -0.39 is 5.97 Å². The highest BCUT2D eigenvalue weighted by Crippen LogP contribution is 2.26. The number of anilines is 1. The van der Waals surface area contributed by atoms with Crippen LogP contribution in [0.2, 0.25) is 0 Å². The molecule has 0 heterocycles. The van der Waals surface area contributed by atoms with E-state index in [1.54, 1.807) is 18.2 Å². The first kappa shape index (κ1) is 18.4. The Bertz CT molecular complexity index is 922. The summed E-state index contributed by atoms with van der Waals surface area (Å²) in [6, 6.07) is 25.1. The molecular weight excluding hydrogens is 338 g/mol. The Kier molecular flexibility index (Phi) is 6.00. The maximum Gasteiger partial charge on any atom is 0.335 e. The molecule has 0 aliphatic rings. The quantitative estimate of drug-likeness (QED) is 0.581. The van der Waals surface area contributed by atoms with Crippen LogP contribution in [0.4, 0.5) is 5.69 Å². The van der Waals surface area contributed by atoms with Crippen molar-refractivity contribution in [3.63, 3.8) is 0 Å². The molecule has 3 aromatic carbocycles. The zero-order valence-electron chi connectivity index (χ0n) is 14.8. The molecule has 0 aliphatic carbocycles. The summed E-state index contributed by atoms with van der Waals surface area (Å²) < 4.78 is 0. The number of hydrogen-bond donors (Lipinski definition) is 2. The molecule has 0 spiro atoms. The smallest absolute Gasteiger partial charge is 0.335 e. The SMILES string of the molecule is O=CNc1cccc(CC(Cc2cccc(C(=O)O)c2)c2ccccc2)c1. The molecule has 0 fully saturated rings. The lowest BCUT2D eigenvalue weighted by molar-refractivity contribution is -0.105. The summed E-state index contributed by atoms with van der Waals surface area (Å²) in [5.41, 5.74) is 4.38. The van der Waals surface area contributed by atoms with Crippen molar-refractivity contribution in [2.45, 2.75) is 18.8 Å². The number of nitrogens with one attached hydrogen (secondary N) is 1. The van der Waals surface area contributed by atoms with E-state index in [0.29, 0.717) is 12.0 Å². The van der Waals surface area contributed by atoms with Crippen LogP contribution in [0, 0.1) is 0 Å². The first-order valence-corrected chi connectivity index (χ1v) is 8.82. The maximum atomic E-state index is 11.3. The molecule has 4 heteroatoms. The van der Waals surface area contributed by atoms with Crippen LogP contribution in [0.5, 0.6) is 0 Å². The fraction of sp³-hybridized carbons (Fsp3) is 0.130. The molecule has 0 saturated carbocycles. The highest BCUT2D eigenvalue weighted by atomic mass is 16.4. The topological polar surface area (TPSA) is 66.4 Å². The fourth-order valence-electron chi connectivity index (χ4n) is 3.29. The molecule has 1 atom stereocenters. The van der Waals surface area contributed by atoms with Crippen molar-refractivity contribution in [2.24, 2.45) is 0 Å². The van der Waals surface area contributed by atoms with Gasteiger partial charge in [-0.2, -0.15) is 0 Å². The van der Waals surface area contributed by atoms with E-state index >= 15 is 0 Å². The molecule has 0 bridgehead atoms. The van der Waals surface area contributed by atoms with Gasteiger partial charge in [0, 0.05) is 5.69 Å². The molecule has 27 heavy (non-hydrogen) atoms. The van der Waals surface area contributed by atoms with Gasteiger partial charge in [0.25, 0.3) is 0 Å². The van der Waals surface area contributed by atoms with Gasteiger partial charge >= 0.3 is 5.97 Å². The molecule has 0 aromatic heterocycles. The number of amides is 1. The minimum Gasteiger partial charge on any atom is -0.478 e. The van der Waals surface area contributed by atoms with Gasteiger partial charge in [-0.3, -0.25) is 4.79 Å². The Balaban J connectivity index is 1.88. The van der Waals surface area contributed by atoms with E-state index in [9.17, 15) is 14.7 Å². The number of rotatable bonds is 8. The second-order valence-corrected chi connectivity index (χ2v) is 6.48. The van der Waals surface area contributed by atoms with E-state index in [4.69, 9.17) is 0 Å². The Labute approximate surface area is 158 Å². The van der Waals surface area contributed by atoms with E-state index in [-0.39, 0.29) is 5.92 Å². The van der Waals surface area contributed by atoms with Gasteiger partial charge in [-0.05, 0) is 59.7 Å². The third kappa shape index (κ3) is 5.05. The number of carbonyl (C=O) groups is 2. The molecule has 4 nitrogen and oxygen atoms in total. The van der Waals surface area contributed by atoms with Crippen LogP contribution < -0.4 is 5.32 Å². The molecule has 136 valence electrons. The lowest BCUT2D eigenvalue weighted by atomic mass is 9.86. The minimum atomic E-state index is -0.916. The van der Waals surface area contributed by atoms with E-state index in [1.807, 2.05) is 48.5 Å². The number of aromatic carboxylic acids is 1. The fourth-order valence-corrected chi connectivity index (χ4v) is 3.29. The van der Waals surface area contributed by atoms with Crippen LogP contribution in [-0.2, 0) is 17.6 Å². The summed E-state index contributed by atoms with van der Waals surface area (Å²) in [5, 5.41) is 11.9. The number of carboxylic acids is 1. The van der Waals surface area contributed by atoms with Crippen LogP contribution in [-0.4, -0.2) is 17.5 Å². The number of hydrogen-bond acceptors (Lipinski definition) is 2. The van der Waals surface area contributed by atoms with Crippen molar-refractivity contribution in [1.82, 2.24) is 0 Å². The summed E-state index contributed by atoms with van der Waals surface area (Å²) in [4.78, 5) is 22.0. The highest BCUT2D eigenvalue weighted by Gasteiger charge is 2.15. The Hall–Kier alpha value is -3.40. The van der Waals surface area contributed by atoms with Gasteiger partial charge in [-0.1, -0.05) is 54.6 Å². The number of benzene rings is 3. The van der Waals surface area contributed by atoms with Crippen LogP contribution in [0.1, 0.15) is 33.0 Å². The average molecular weight is 359 g/mol. The summed E-state index contributed by atoms with van der Waals surface area (Å²) in [7, 11) is 0. The Morgan fingerprint density at radius 2 is 1.56 bits per heavy atom. The molecular formula is C23H21NO3. The predicted molar refractivity (Wildman–Crippen MR) is 106 cm³/mol.